The third kappa shape index (κ3) is 3.26. The molecule has 5 nitrogen and oxygen atoms in total. The Balaban J connectivity index is 2.14. The molecule has 2 rings (SSSR count). The van der Waals surface area contributed by atoms with Crippen LogP contribution in [0.4, 0.5) is 5.69 Å². The average molecular weight is 272 g/mol. The van der Waals surface area contributed by atoms with E-state index in [1.807, 2.05) is 18.2 Å². The summed E-state index contributed by atoms with van der Waals surface area (Å²) in [6.45, 7) is 0.583. The van der Waals surface area contributed by atoms with Gasteiger partial charge in [0.25, 0.3) is 0 Å². The Labute approximate surface area is 117 Å². The Hall–Kier alpha value is -2.56. The minimum absolute atomic E-state index is 0.412. The van der Waals surface area contributed by atoms with E-state index in [9.17, 15) is 4.79 Å². The molecule has 1 N–H and O–H groups in total. The van der Waals surface area contributed by atoms with Crippen molar-refractivity contribution in [3.05, 3.63) is 53.9 Å². The summed E-state index contributed by atoms with van der Waals surface area (Å²) in [6.07, 6.45) is 3.46. The number of esters is 1. The number of benzene rings is 1. The molecule has 1 aromatic heterocycles. The van der Waals surface area contributed by atoms with Gasteiger partial charge in [0.05, 0.1) is 19.9 Å². The number of hydrogen-bond acceptors (Lipinski definition) is 5. The molecule has 0 amide bonds. The van der Waals surface area contributed by atoms with Gasteiger partial charge in [-0.2, -0.15) is 0 Å². The Bertz CT molecular complexity index is 585. The summed E-state index contributed by atoms with van der Waals surface area (Å²) < 4.78 is 9.90. The van der Waals surface area contributed by atoms with Gasteiger partial charge in [0.1, 0.15) is 11.3 Å². The van der Waals surface area contributed by atoms with Crippen molar-refractivity contribution in [3.8, 4) is 5.75 Å². The summed E-state index contributed by atoms with van der Waals surface area (Å²) in [5.74, 6) is 0.0899. The molecule has 1 heterocycles. The second-order valence-corrected chi connectivity index (χ2v) is 4.12. The molecule has 0 bridgehead atoms. The zero-order valence-electron chi connectivity index (χ0n) is 11.4. The number of hydrogen-bond donors (Lipinski definition) is 1. The Kier molecular flexibility index (Phi) is 4.55. The summed E-state index contributed by atoms with van der Waals surface area (Å²) in [7, 11) is 2.87. The number of carbonyl (C=O) groups excluding carboxylic acids is 1. The maximum absolute atomic E-state index is 11.7. The maximum Gasteiger partial charge on any atom is 0.341 e. The molecule has 0 atom stereocenters. The topological polar surface area (TPSA) is 60.5 Å². The van der Waals surface area contributed by atoms with Crippen LogP contribution in [0.25, 0.3) is 0 Å². The largest absolute Gasteiger partial charge is 0.496 e. The number of nitrogens with one attached hydrogen (secondary N) is 1. The van der Waals surface area contributed by atoms with Crippen LogP contribution in [-0.2, 0) is 11.3 Å². The molecule has 0 spiro atoms. The Morgan fingerprint density at radius 1 is 1.30 bits per heavy atom. The van der Waals surface area contributed by atoms with Gasteiger partial charge in [-0.25, -0.2) is 4.79 Å². The van der Waals surface area contributed by atoms with Gasteiger partial charge in [-0.15, -0.1) is 0 Å². The van der Waals surface area contributed by atoms with Crippen LogP contribution in [-0.4, -0.2) is 25.2 Å². The molecule has 1 aromatic carbocycles. The lowest BCUT2D eigenvalue weighted by Crippen LogP contribution is -2.06. The number of carbonyl (C=O) groups is 1. The van der Waals surface area contributed by atoms with Gasteiger partial charge in [0.15, 0.2) is 0 Å². The average Bonchev–Trinajstić information content (AvgIpc) is 2.52. The van der Waals surface area contributed by atoms with Crippen LogP contribution in [0.1, 0.15) is 15.9 Å². The fourth-order valence-corrected chi connectivity index (χ4v) is 1.81. The van der Waals surface area contributed by atoms with E-state index < -0.39 is 5.97 Å². The van der Waals surface area contributed by atoms with E-state index in [-0.39, 0.29) is 0 Å². The van der Waals surface area contributed by atoms with Gasteiger partial charge in [0.2, 0.25) is 0 Å². The van der Waals surface area contributed by atoms with Crippen LogP contribution in [0, 0.1) is 0 Å². The summed E-state index contributed by atoms with van der Waals surface area (Å²) in [5.41, 5.74) is 2.29. The van der Waals surface area contributed by atoms with Crippen molar-refractivity contribution >= 4 is 11.7 Å². The van der Waals surface area contributed by atoms with Crippen molar-refractivity contribution in [1.29, 1.82) is 0 Å². The van der Waals surface area contributed by atoms with E-state index >= 15 is 0 Å². The second-order valence-electron chi connectivity index (χ2n) is 4.12. The highest BCUT2D eigenvalue weighted by atomic mass is 16.5. The van der Waals surface area contributed by atoms with E-state index in [0.29, 0.717) is 17.9 Å². The number of anilines is 1. The normalized spacial score (nSPS) is 9.90. The summed E-state index contributed by atoms with van der Waals surface area (Å²) in [4.78, 5) is 15.7. The summed E-state index contributed by atoms with van der Waals surface area (Å²) >= 11 is 0. The molecule has 0 saturated heterocycles. The first-order valence-corrected chi connectivity index (χ1v) is 6.13. The lowest BCUT2D eigenvalue weighted by atomic mass is 10.1. The van der Waals surface area contributed by atoms with Gasteiger partial charge < -0.3 is 14.8 Å². The summed E-state index contributed by atoms with van der Waals surface area (Å²) in [5, 5.41) is 3.23. The van der Waals surface area contributed by atoms with Crippen LogP contribution in [0.5, 0.6) is 5.75 Å². The van der Waals surface area contributed by atoms with Crippen molar-refractivity contribution in [2.75, 3.05) is 19.5 Å². The van der Waals surface area contributed by atoms with Crippen LogP contribution in [0.2, 0.25) is 0 Å². The number of nitrogens with zero attached hydrogens (tertiary/aromatic N) is 1. The first-order chi connectivity index (χ1) is 9.74. The van der Waals surface area contributed by atoms with Gasteiger partial charge >= 0.3 is 5.97 Å². The molecule has 0 radical (unpaired) electrons. The molecule has 0 aliphatic heterocycles. The zero-order chi connectivity index (χ0) is 14.4. The Morgan fingerprint density at radius 3 is 2.80 bits per heavy atom. The van der Waals surface area contributed by atoms with Gasteiger partial charge in [0, 0.05) is 18.9 Å². The van der Waals surface area contributed by atoms with E-state index in [1.165, 1.54) is 14.2 Å². The lowest BCUT2D eigenvalue weighted by molar-refractivity contribution is 0.0597. The highest BCUT2D eigenvalue weighted by Gasteiger charge is 2.13. The van der Waals surface area contributed by atoms with Crippen molar-refractivity contribution < 1.29 is 14.3 Å². The van der Waals surface area contributed by atoms with E-state index in [0.717, 1.165) is 11.3 Å². The number of methoxy groups -OCH3 is 2. The van der Waals surface area contributed by atoms with E-state index in [2.05, 4.69) is 10.3 Å². The summed E-state index contributed by atoms with van der Waals surface area (Å²) in [6, 6.07) is 9.20. The number of pyridine rings is 1. The predicted octanol–water partition coefficient (Wildman–Crippen LogP) is 2.49. The standard InChI is InChI=1S/C15H16N2O3/c1-19-14-6-5-11(8-13(14)15(18)20-2)9-17-12-4-3-7-16-10-12/h3-8,10,17H,9H2,1-2H3. The number of aromatic nitrogens is 1. The second kappa shape index (κ2) is 6.56. The lowest BCUT2D eigenvalue weighted by Gasteiger charge is -2.10. The molecule has 0 aliphatic rings. The van der Waals surface area contributed by atoms with E-state index in [4.69, 9.17) is 9.47 Å². The zero-order valence-corrected chi connectivity index (χ0v) is 11.4. The molecule has 0 aliphatic carbocycles. The molecule has 20 heavy (non-hydrogen) atoms. The first kappa shape index (κ1) is 13.9. The van der Waals surface area contributed by atoms with Crippen LogP contribution in [0.15, 0.2) is 42.7 Å². The first-order valence-electron chi connectivity index (χ1n) is 6.13. The third-order valence-electron chi connectivity index (χ3n) is 2.83. The fourth-order valence-electron chi connectivity index (χ4n) is 1.81. The maximum atomic E-state index is 11.7. The molecule has 0 unspecified atom stereocenters. The highest BCUT2D eigenvalue weighted by Crippen LogP contribution is 2.21. The van der Waals surface area contributed by atoms with Gasteiger partial charge in [-0.1, -0.05) is 6.07 Å². The molecule has 0 fully saturated rings. The molecular weight excluding hydrogens is 256 g/mol. The minimum atomic E-state index is -0.412. The third-order valence-corrected chi connectivity index (χ3v) is 2.83. The quantitative estimate of drug-likeness (QED) is 0.847. The van der Waals surface area contributed by atoms with Crippen LogP contribution in [0.3, 0.4) is 0 Å². The van der Waals surface area contributed by atoms with Crippen molar-refractivity contribution in [1.82, 2.24) is 4.98 Å². The predicted molar refractivity (Wildman–Crippen MR) is 75.9 cm³/mol. The fraction of sp³-hybridized carbons (Fsp3) is 0.200. The smallest absolute Gasteiger partial charge is 0.341 e. The Morgan fingerprint density at radius 2 is 2.15 bits per heavy atom. The number of ether oxygens (including phenoxy) is 2. The highest BCUT2D eigenvalue weighted by molar-refractivity contribution is 5.92. The van der Waals surface area contributed by atoms with E-state index in [1.54, 1.807) is 24.5 Å². The van der Waals surface area contributed by atoms with Crippen molar-refractivity contribution in [2.45, 2.75) is 6.54 Å². The SMILES string of the molecule is COC(=O)c1cc(CNc2cccnc2)ccc1OC. The van der Waals surface area contributed by atoms with Crippen LogP contribution < -0.4 is 10.1 Å². The molecule has 5 heteroatoms. The van der Waals surface area contributed by atoms with Crippen molar-refractivity contribution in [2.24, 2.45) is 0 Å². The number of rotatable bonds is 5. The molecule has 104 valence electrons. The van der Waals surface area contributed by atoms with Crippen molar-refractivity contribution in [3.63, 3.8) is 0 Å². The molecule has 2 aromatic rings. The monoisotopic (exact) mass is 272 g/mol. The van der Waals surface area contributed by atoms with Gasteiger partial charge in [-0.3, -0.25) is 4.98 Å². The molecule has 0 saturated carbocycles. The minimum Gasteiger partial charge on any atom is -0.496 e. The van der Waals surface area contributed by atoms with Crippen LogP contribution >= 0.6 is 0 Å². The molecular formula is C15H16N2O3. The van der Waals surface area contributed by atoms with Gasteiger partial charge in [-0.05, 0) is 29.8 Å².